The van der Waals surface area contributed by atoms with Gasteiger partial charge in [0.1, 0.15) is 12.2 Å². The van der Waals surface area contributed by atoms with E-state index in [0.29, 0.717) is 11.7 Å². The molecular weight excluding hydrogens is 264 g/mol. The number of nitrogens with zero attached hydrogens (tertiary/aromatic N) is 4. The Morgan fingerprint density at radius 2 is 1.57 bits per heavy atom. The molecule has 0 aliphatic carbocycles. The fraction of sp³-hybridized carbons (Fsp3) is 0.0625. The molecule has 0 atom stereocenters. The molecule has 0 saturated carbocycles. The SMILES string of the molecule is [N-]=[N+]=NCc1nc(-c2ccccc2)c(-c2ccccc2)o1. The van der Waals surface area contributed by atoms with Gasteiger partial charge in [-0.2, -0.15) is 0 Å². The molecule has 0 radical (unpaired) electrons. The summed E-state index contributed by atoms with van der Waals surface area (Å²) in [7, 11) is 0. The molecule has 0 spiro atoms. The number of hydrogen-bond acceptors (Lipinski definition) is 3. The molecule has 5 nitrogen and oxygen atoms in total. The molecule has 0 aliphatic heterocycles. The van der Waals surface area contributed by atoms with Gasteiger partial charge in [0.15, 0.2) is 5.76 Å². The Kier molecular flexibility index (Phi) is 3.67. The number of rotatable bonds is 4. The Labute approximate surface area is 121 Å². The number of oxazole rings is 1. The molecule has 0 saturated heterocycles. The van der Waals surface area contributed by atoms with Gasteiger partial charge in [0.25, 0.3) is 0 Å². The molecule has 0 aliphatic rings. The summed E-state index contributed by atoms with van der Waals surface area (Å²) in [6, 6.07) is 19.6. The maximum absolute atomic E-state index is 8.43. The quantitative estimate of drug-likeness (QED) is 0.389. The maximum atomic E-state index is 8.43. The highest BCUT2D eigenvalue weighted by Gasteiger charge is 2.15. The van der Waals surface area contributed by atoms with Crippen LogP contribution >= 0.6 is 0 Å². The Bertz CT molecular complexity index is 718. The molecule has 3 aromatic rings. The van der Waals surface area contributed by atoms with Crippen molar-refractivity contribution in [1.82, 2.24) is 4.98 Å². The summed E-state index contributed by atoms with van der Waals surface area (Å²) in [5.41, 5.74) is 11.1. The van der Waals surface area contributed by atoms with Crippen LogP contribution in [0.25, 0.3) is 33.0 Å². The first-order chi connectivity index (χ1) is 10.4. The highest BCUT2D eigenvalue weighted by molar-refractivity contribution is 5.76. The Hall–Kier alpha value is -3.04. The topological polar surface area (TPSA) is 74.8 Å². The normalized spacial score (nSPS) is 10.1. The van der Waals surface area contributed by atoms with Crippen molar-refractivity contribution in [1.29, 1.82) is 0 Å². The van der Waals surface area contributed by atoms with Crippen molar-refractivity contribution < 1.29 is 4.42 Å². The Morgan fingerprint density at radius 1 is 0.952 bits per heavy atom. The van der Waals surface area contributed by atoms with Gasteiger partial charge in [0.2, 0.25) is 5.89 Å². The molecular formula is C16H12N4O. The van der Waals surface area contributed by atoms with Crippen LogP contribution in [0, 0.1) is 0 Å². The van der Waals surface area contributed by atoms with Gasteiger partial charge in [-0.15, -0.1) is 0 Å². The van der Waals surface area contributed by atoms with Crippen LogP contribution in [0.4, 0.5) is 0 Å². The maximum Gasteiger partial charge on any atom is 0.201 e. The lowest BCUT2D eigenvalue weighted by atomic mass is 10.1. The second-order valence-electron chi connectivity index (χ2n) is 4.41. The highest BCUT2D eigenvalue weighted by atomic mass is 16.4. The minimum atomic E-state index is 0.100. The standard InChI is InChI=1S/C16H12N4O/c17-20-18-11-14-19-15(12-7-3-1-4-8-12)16(21-14)13-9-5-2-6-10-13/h1-10H,11H2. The van der Waals surface area contributed by atoms with Crippen molar-refractivity contribution in [2.24, 2.45) is 5.11 Å². The third-order valence-electron chi connectivity index (χ3n) is 3.02. The summed E-state index contributed by atoms with van der Waals surface area (Å²) < 4.78 is 5.78. The summed E-state index contributed by atoms with van der Waals surface area (Å²) in [5.74, 6) is 1.09. The molecule has 102 valence electrons. The van der Waals surface area contributed by atoms with Crippen molar-refractivity contribution in [3.63, 3.8) is 0 Å². The third-order valence-corrected chi connectivity index (χ3v) is 3.02. The molecule has 3 rings (SSSR count). The van der Waals surface area contributed by atoms with Crippen LogP contribution in [-0.4, -0.2) is 4.98 Å². The summed E-state index contributed by atoms with van der Waals surface area (Å²) in [6.07, 6.45) is 0. The largest absolute Gasteiger partial charge is 0.440 e. The van der Waals surface area contributed by atoms with Gasteiger partial charge in [-0.05, 0) is 5.53 Å². The minimum absolute atomic E-state index is 0.100. The monoisotopic (exact) mass is 276 g/mol. The lowest BCUT2D eigenvalue weighted by molar-refractivity contribution is 0.509. The van der Waals surface area contributed by atoms with Crippen molar-refractivity contribution in [3.05, 3.63) is 77.0 Å². The van der Waals surface area contributed by atoms with Crippen LogP contribution in [0.15, 0.2) is 70.2 Å². The lowest BCUT2D eigenvalue weighted by Crippen LogP contribution is -1.82. The van der Waals surface area contributed by atoms with E-state index in [1.54, 1.807) is 0 Å². The predicted octanol–water partition coefficient (Wildman–Crippen LogP) is 4.82. The number of hydrogen-bond donors (Lipinski definition) is 0. The summed E-state index contributed by atoms with van der Waals surface area (Å²) in [6.45, 7) is 0.100. The van der Waals surface area contributed by atoms with Crippen molar-refractivity contribution in [2.45, 2.75) is 6.54 Å². The summed E-state index contributed by atoms with van der Waals surface area (Å²) >= 11 is 0. The number of aromatic nitrogens is 1. The van der Waals surface area contributed by atoms with Crippen molar-refractivity contribution in [2.75, 3.05) is 0 Å². The van der Waals surface area contributed by atoms with E-state index in [4.69, 9.17) is 9.95 Å². The number of benzene rings is 2. The van der Waals surface area contributed by atoms with Crippen LogP contribution in [-0.2, 0) is 6.54 Å². The highest BCUT2D eigenvalue weighted by Crippen LogP contribution is 2.32. The molecule has 21 heavy (non-hydrogen) atoms. The third kappa shape index (κ3) is 2.78. The second kappa shape index (κ2) is 5.94. The van der Waals surface area contributed by atoms with Gasteiger partial charge >= 0.3 is 0 Å². The Balaban J connectivity index is 2.13. The minimum Gasteiger partial charge on any atom is -0.440 e. The van der Waals surface area contributed by atoms with Crippen LogP contribution in [0.5, 0.6) is 0 Å². The molecule has 0 fully saturated rings. The van der Waals surface area contributed by atoms with E-state index in [-0.39, 0.29) is 6.54 Å². The summed E-state index contributed by atoms with van der Waals surface area (Å²) in [4.78, 5) is 7.20. The predicted molar refractivity (Wildman–Crippen MR) is 80.2 cm³/mol. The van der Waals surface area contributed by atoms with E-state index in [9.17, 15) is 0 Å². The first-order valence-electron chi connectivity index (χ1n) is 6.50. The van der Waals surface area contributed by atoms with Gasteiger partial charge in [-0.1, -0.05) is 65.8 Å². The van der Waals surface area contributed by atoms with Gasteiger partial charge in [0, 0.05) is 16.0 Å². The smallest absolute Gasteiger partial charge is 0.201 e. The van der Waals surface area contributed by atoms with Crippen molar-refractivity contribution >= 4 is 0 Å². The average Bonchev–Trinajstić information content (AvgIpc) is 2.99. The van der Waals surface area contributed by atoms with Gasteiger partial charge in [-0.25, -0.2) is 4.98 Å². The van der Waals surface area contributed by atoms with E-state index in [1.165, 1.54) is 0 Å². The van der Waals surface area contributed by atoms with E-state index in [0.717, 1.165) is 16.8 Å². The molecule has 0 amide bonds. The molecule has 0 unspecified atom stereocenters. The van der Waals surface area contributed by atoms with E-state index < -0.39 is 0 Å². The van der Waals surface area contributed by atoms with E-state index >= 15 is 0 Å². The first-order valence-corrected chi connectivity index (χ1v) is 6.50. The molecule has 1 aromatic heterocycles. The van der Waals surface area contributed by atoms with Gasteiger partial charge < -0.3 is 4.42 Å². The second-order valence-corrected chi connectivity index (χ2v) is 4.41. The lowest BCUT2D eigenvalue weighted by Gasteiger charge is -2.00. The van der Waals surface area contributed by atoms with E-state index in [1.807, 2.05) is 60.7 Å². The number of azide groups is 1. The van der Waals surface area contributed by atoms with Gasteiger partial charge in [-0.3, -0.25) is 0 Å². The molecule has 1 heterocycles. The zero-order valence-corrected chi connectivity index (χ0v) is 11.2. The average molecular weight is 276 g/mol. The fourth-order valence-electron chi connectivity index (χ4n) is 2.10. The van der Waals surface area contributed by atoms with Crippen molar-refractivity contribution in [3.8, 4) is 22.6 Å². The fourth-order valence-corrected chi connectivity index (χ4v) is 2.10. The summed E-state index contributed by atoms with van der Waals surface area (Å²) in [5, 5.41) is 3.51. The van der Waals surface area contributed by atoms with E-state index in [2.05, 4.69) is 15.0 Å². The molecule has 5 heteroatoms. The first kappa shape index (κ1) is 13.0. The zero-order valence-electron chi connectivity index (χ0n) is 11.2. The molecule has 0 N–H and O–H groups in total. The van der Waals surface area contributed by atoms with Crippen LogP contribution in [0.1, 0.15) is 5.89 Å². The van der Waals surface area contributed by atoms with Crippen LogP contribution in [0.3, 0.4) is 0 Å². The van der Waals surface area contributed by atoms with Gasteiger partial charge in [0.05, 0.1) is 0 Å². The molecule has 2 aromatic carbocycles. The zero-order chi connectivity index (χ0) is 14.5. The van der Waals surface area contributed by atoms with Crippen LogP contribution < -0.4 is 0 Å². The van der Waals surface area contributed by atoms with Crippen LogP contribution in [0.2, 0.25) is 0 Å². The Morgan fingerprint density at radius 3 is 2.19 bits per heavy atom. The molecule has 0 bridgehead atoms.